The van der Waals surface area contributed by atoms with Crippen molar-refractivity contribution in [2.24, 2.45) is 0 Å². The zero-order chi connectivity index (χ0) is 21.5. The van der Waals surface area contributed by atoms with E-state index in [1.54, 1.807) is 34.3 Å². The van der Waals surface area contributed by atoms with Crippen molar-refractivity contribution >= 4 is 39.3 Å². The minimum absolute atomic E-state index is 0.0995. The summed E-state index contributed by atoms with van der Waals surface area (Å²) in [6.45, 7) is 0.262. The largest absolute Gasteiger partial charge is 0.345 e. The van der Waals surface area contributed by atoms with Crippen LogP contribution >= 0.6 is 11.3 Å². The predicted molar refractivity (Wildman–Crippen MR) is 117 cm³/mol. The predicted octanol–water partition coefficient (Wildman–Crippen LogP) is 2.73. The third-order valence-corrected chi connectivity index (χ3v) is 6.76. The Morgan fingerprint density at radius 1 is 1.16 bits per heavy atom. The van der Waals surface area contributed by atoms with E-state index in [4.69, 9.17) is 0 Å². The first-order valence-corrected chi connectivity index (χ1v) is 11.1. The molecular formula is C23H22N4O3S. The molecule has 7 nitrogen and oxygen atoms in total. The van der Waals surface area contributed by atoms with Crippen LogP contribution in [0, 0.1) is 0 Å². The van der Waals surface area contributed by atoms with Gasteiger partial charge in [-0.15, -0.1) is 11.3 Å². The molecule has 0 spiro atoms. The van der Waals surface area contributed by atoms with Crippen molar-refractivity contribution < 1.29 is 14.4 Å². The fourth-order valence-corrected chi connectivity index (χ4v) is 5.03. The summed E-state index contributed by atoms with van der Waals surface area (Å²) < 4.78 is 1.08. The Bertz CT molecular complexity index is 1150. The van der Waals surface area contributed by atoms with Gasteiger partial charge in [0.05, 0.1) is 23.3 Å². The van der Waals surface area contributed by atoms with Crippen LogP contribution in [0.25, 0.3) is 10.2 Å². The SMILES string of the molecule is CN(Cc1nc2ccccc2s1)C(=O)CNC(=O)C1c2ccccc2C(=O)N1C1CC1. The van der Waals surface area contributed by atoms with Crippen molar-refractivity contribution in [2.45, 2.75) is 31.5 Å². The van der Waals surface area contributed by atoms with Crippen molar-refractivity contribution in [1.29, 1.82) is 0 Å². The highest BCUT2D eigenvalue weighted by Gasteiger charge is 2.47. The first-order chi connectivity index (χ1) is 15.0. The van der Waals surface area contributed by atoms with Gasteiger partial charge in [-0.05, 0) is 36.6 Å². The summed E-state index contributed by atoms with van der Waals surface area (Å²) in [6, 6.07) is 14.5. The number of aromatic nitrogens is 1. The van der Waals surface area contributed by atoms with Crippen LogP contribution in [0.1, 0.15) is 39.8 Å². The Hall–Kier alpha value is -3.26. The molecule has 1 unspecified atom stereocenters. The molecule has 0 bridgehead atoms. The average Bonchev–Trinajstić information content (AvgIpc) is 3.46. The summed E-state index contributed by atoms with van der Waals surface area (Å²) in [4.78, 5) is 46.2. The molecule has 0 saturated heterocycles. The number of benzene rings is 2. The van der Waals surface area contributed by atoms with E-state index in [0.717, 1.165) is 28.1 Å². The van der Waals surface area contributed by atoms with E-state index >= 15 is 0 Å². The number of nitrogens with zero attached hydrogens (tertiary/aromatic N) is 3. The molecule has 1 aliphatic carbocycles. The number of rotatable bonds is 6. The number of amides is 3. The molecule has 1 saturated carbocycles. The number of carbonyl (C=O) groups excluding carboxylic acids is 3. The van der Waals surface area contributed by atoms with Crippen LogP contribution < -0.4 is 5.32 Å². The molecule has 0 radical (unpaired) electrons. The van der Waals surface area contributed by atoms with E-state index < -0.39 is 6.04 Å². The van der Waals surface area contributed by atoms with Gasteiger partial charge in [0.25, 0.3) is 5.91 Å². The Kier molecular flexibility index (Phi) is 4.94. The third kappa shape index (κ3) is 3.67. The normalized spacial score (nSPS) is 17.6. The molecule has 5 rings (SSSR count). The highest BCUT2D eigenvalue weighted by Crippen LogP contribution is 2.41. The second-order valence-electron chi connectivity index (χ2n) is 7.98. The van der Waals surface area contributed by atoms with Gasteiger partial charge in [0.2, 0.25) is 11.8 Å². The lowest BCUT2D eigenvalue weighted by Gasteiger charge is -2.25. The lowest BCUT2D eigenvalue weighted by atomic mass is 10.0. The van der Waals surface area contributed by atoms with Gasteiger partial charge in [0.15, 0.2) is 0 Å². The first-order valence-electron chi connectivity index (χ1n) is 10.3. The van der Waals surface area contributed by atoms with Gasteiger partial charge in [-0.3, -0.25) is 14.4 Å². The molecule has 1 aromatic heterocycles. The van der Waals surface area contributed by atoms with Crippen LogP contribution in [0.2, 0.25) is 0 Å². The highest BCUT2D eigenvalue weighted by atomic mass is 32.1. The van der Waals surface area contributed by atoms with Crippen molar-refractivity contribution in [3.8, 4) is 0 Å². The van der Waals surface area contributed by atoms with E-state index in [9.17, 15) is 14.4 Å². The number of hydrogen-bond donors (Lipinski definition) is 1. The van der Waals surface area contributed by atoms with Crippen LogP contribution in [0.4, 0.5) is 0 Å². The minimum atomic E-state index is -0.668. The second kappa shape index (κ2) is 7.77. The number of carbonyl (C=O) groups is 3. The van der Waals surface area contributed by atoms with Gasteiger partial charge < -0.3 is 15.1 Å². The van der Waals surface area contributed by atoms with Gasteiger partial charge in [-0.1, -0.05) is 30.3 Å². The maximum atomic E-state index is 13.0. The Labute approximate surface area is 183 Å². The Balaban J connectivity index is 1.24. The monoisotopic (exact) mass is 434 g/mol. The number of fused-ring (bicyclic) bond motifs is 2. The zero-order valence-electron chi connectivity index (χ0n) is 17.1. The van der Waals surface area contributed by atoms with Crippen molar-refractivity contribution in [3.05, 3.63) is 64.7 Å². The van der Waals surface area contributed by atoms with Crippen LogP contribution in [-0.4, -0.2) is 52.1 Å². The molecule has 1 atom stereocenters. The van der Waals surface area contributed by atoms with Crippen LogP contribution in [0.5, 0.6) is 0 Å². The molecule has 158 valence electrons. The summed E-state index contributed by atoms with van der Waals surface area (Å²) in [5.74, 6) is -0.618. The lowest BCUT2D eigenvalue weighted by Crippen LogP contribution is -2.44. The Morgan fingerprint density at radius 3 is 2.68 bits per heavy atom. The summed E-state index contributed by atoms with van der Waals surface area (Å²) in [5.41, 5.74) is 2.21. The van der Waals surface area contributed by atoms with Gasteiger partial charge in [0, 0.05) is 18.7 Å². The van der Waals surface area contributed by atoms with Gasteiger partial charge in [-0.25, -0.2) is 4.98 Å². The number of thiazole rings is 1. The molecule has 1 fully saturated rings. The molecule has 1 aliphatic heterocycles. The van der Waals surface area contributed by atoms with Crippen LogP contribution in [-0.2, 0) is 16.1 Å². The standard InChI is InChI=1S/C23H22N4O3S/c1-26(13-19-25-17-8-4-5-9-18(17)31-19)20(28)12-24-22(29)21-15-6-2-3-7-16(15)23(30)27(21)14-10-11-14/h2-9,14,21H,10-13H2,1H3,(H,24,29). The quantitative estimate of drug-likeness (QED) is 0.647. The average molecular weight is 435 g/mol. The maximum absolute atomic E-state index is 13.0. The summed E-state index contributed by atoms with van der Waals surface area (Å²) >= 11 is 1.55. The summed E-state index contributed by atoms with van der Waals surface area (Å²) in [5, 5.41) is 3.60. The number of nitrogens with one attached hydrogen (secondary N) is 1. The topological polar surface area (TPSA) is 82.6 Å². The fraction of sp³-hybridized carbons (Fsp3) is 0.304. The van der Waals surface area contributed by atoms with E-state index in [0.29, 0.717) is 17.7 Å². The van der Waals surface area contributed by atoms with E-state index in [1.807, 2.05) is 42.5 Å². The first kappa shape index (κ1) is 19.7. The maximum Gasteiger partial charge on any atom is 0.255 e. The number of hydrogen-bond acceptors (Lipinski definition) is 5. The molecule has 3 amide bonds. The molecule has 2 aromatic carbocycles. The van der Waals surface area contributed by atoms with Gasteiger partial charge in [-0.2, -0.15) is 0 Å². The van der Waals surface area contributed by atoms with E-state index in [-0.39, 0.29) is 30.3 Å². The summed E-state index contributed by atoms with van der Waals surface area (Å²) in [6.07, 6.45) is 1.82. The molecule has 3 aromatic rings. The van der Waals surface area contributed by atoms with E-state index in [2.05, 4.69) is 10.3 Å². The number of likely N-dealkylation sites (N-methyl/N-ethyl adjacent to an activating group) is 1. The molecule has 8 heteroatoms. The lowest BCUT2D eigenvalue weighted by molar-refractivity contribution is -0.133. The second-order valence-corrected chi connectivity index (χ2v) is 9.09. The molecule has 31 heavy (non-hydrogen) atoms. The Morgan fingerprint density at radius 2 is 1.90 bits per heavy atom. The summed E-state index contributed by atoms with van der Waals surface area (Å²) in [7, 11) is 1.70. The zero-order valence-corrected chi connectivity index (χ0v) is 17.9. The number of para-hydroxylation sites is 1. The van der Waals surface area contributed by atoms with Crippen molar-refractivity contribution in [1.82, 2.24) is 20.1 Å². The van der Waals surface area contributed by atoms with Crippen molar-refractivity contribution in [3.63, 3.8) is 0 Å². The molecular weight excluding hydrogens is 412 g/mol. The molecule has 2 heterocycles. The minimum Gasteiger partial charge on any atom is -0.345 e. The third-order valence-electron chi connectivity index (χ3n) is 5.74. The fourth-order valence-electron chi connectivity index (χ4n) is 4.01. The molecule has 1 N–H and O–H groups in total. The van der Waals surface area contributed by atoms with Gasteiger partial charge in [0.1, 0.15) is 11.0 Å². The molecule has 2 aliphatic rings. The van der Waals surface area contributed by atoms with Crippen LogP contribution in [0.3, 0.4) is 0 Å². The smallest absolute Gasteiger partial charge is 0.255 e. The van der Waals surface area contributed by atoms with E-state index in [1.165, 1.54) is 0 Å². The highest BCUT2D eigenvalue weighted by molar-refractivity contribution is 7.18. The van der Waals surface area contributed by atoms with Gasteiger partial charge >= 0.3 is 0 Å². The van der Waals surface area contributed by atoms with Crippen LogP contribution in [0.15, 0.2) is 48.5 Å². The van der Waals surface area contributed by atoms with Crippen molar-refractivity contribution in [2.75, 3.05) is 13.6 Å².